The molecule has 6 nitrogen and oxygen atoms in total. The maximum absolute atomic E-state index is 13.0. The van der Waals surface area contributed by atoms with Crippen molar-refractivity contribution in [1.29, 1.82) is 0 Å². The Bertz CT molecular complexity index is 736. The number of hydrogen-bond donors (Lipinski definition) is 1. The molecule has 25 heavy (non-hydrogen) atoms. The summed E-state index contributed by atoms with van der Waals surface area (Å²) < 4.78 is 45.7. The highest BCUT2D eigenvalue weighted by atomic mass is 32.2. The summed E-state index contributed by atoms with van der Waals surface area (Å²) in [4.78, 5) is 12.4. The summed E-state index contributed by atoms with van der Waals surface area (Å²) in [6, 6.07) is 4.78. The van der Waals surface area contributed by atoms with E-state index in [2.05, 4.69) is 5.32 Å². The van der Waals surface area contributed by atoms with Crippen molar-refractivity contribution in [2.45, 2.75) is 37.4 Å². The van der Waals surface area contributed by atoms with Gasteiger partial charge < -0.3 is 10.1 Å². The number of carbonyl (C=O) groups excluding carboxylic acids is 1. The molecule has 138 valence electrons. The SMILES string of the molecule is CC(C)CNC(=O)C1CC2CN(S(=O)(=O)c3ccc(F)cc3)CC1O2. The van der Waals surface area contributed by atoms with Gasteiger partial charge in [0.15, 0.2) is 0 Å². The Morgan fingerprint density at radius 2 is 2.00 bits per heavy atom. The largest absolute Gasteiger partial charge is 0.371 e. The first-order valence-corrected chi connectivity index (χ1v) is 9.90. The lowest BCUT2D eigenvalue weighted by molar-refractivity contribution is -0.127. The molecule has 0 saturated carbocycles. The van der Waals surface area contributed by atoms with Crippen LogP contribution in [0.5, 0.6) is 0 Å². The van der Waals surface area contributed by atoms with Crippen LogP contribution in [0.25, 0.3) is 0 Å². The molecule has 1 aromatic rings. The first-order chi connectivity index (χ1) is 11.8. The summed E-state index contributed by atoms with van der Waals surface area (Å²) in [5.74, 6) is -0.553. The van der Waals surface area contributed by atoms with Gasteiger partial charge in [-0.2, -0.15) is 4.31 Å². The lowest BCUT2D eigenvalue weighted by Gasteiger charge is -2.32. The Morgan fingerprint density at radius 1 is 1.32 bits per heavy atom. The fourth-order valence-corrected chi connectivity index (χ4v) is 4.77. The summed E-state index contributed by atoms with van der Waals surface area (Å²) in [6.45, 7) is 4.96. The van der Waals surface area contributed by atoms with Gasteiger partial charge in [0, 0.05) is 19.6 Å². The molecule has 2 aliphatic rings. The van der Waals surface area contributed by atoms with E-state index in [4.69, 9.17) is 4.74 Å². The van der Waals surface area contributed by atoms with Crippen LogP contribution in [-0.4, -0.2) is 50.5 Å². The second-order valence-electron chi connectivity index (χ2n) is 7.05. The molecule has 2 bridgehead atoms. The van der Waals surface area contributed by atoms with Crippen molar-refractivity contribution < 1.29 is 22.3 Å². The van der Waals surface area contributed by atoms with Crippen LogP contribution in [0.2, 0.25) is 0 Å². The molecule has 1 aromatic carbocycles. The third kappa shape index (κ3) is 3.86. The van der Waals surface area contributed by atoms with Crippen LogP contribution in [0.4, 0.5) is 4.39 Å². The van der Waals surface area contributed by atoms with E-state index in [0.717, 1.165) is 12.1 Å². The lowest BCUT2D eigenvalue weighted by Crippen LogP contribution is -2.48. The molecule has 2 fully saturated rings. The lowest BCUT2D eigenvalue weighted by atomic mass is 9.99. The number of rotatable bonds is 5. The predicted molar refractivity (Wildman–Crippen MR) is 89.8 cm³/mol. The maximum atomic E-state index is 13.0. The van der Waals surface area contributed by atoms with E-state index in [1.165, 1.54) is 16.4 Å². The molecule has 0 spiro atoms. The molecule has 0 aromatic heterocycles. The Kier molecular flexibility index (Phi) is 5.13. The second kappa shape index (κ2) is 7.01. The van der Waals surface area contributed by atoms with Gasteiger partial charge in [0.25, 0.3) is 0 Å². The zero-order chi connectivity index (χ0) is 18.2. The van der Waals surface area contributed by atoms with Crippen LogP contribution in [-0.2, 0) is 19.6 Å². The summed E-state index contributed by atoms with van der Waals surface area (Å²) in [6.07, 6.45) is -0.214. The molecule has 8 heteroatoms. The average molecular weight is 370 g/mol. The minimum Gasteiger partial charge on any atom is -0.371 e. The van der Waals surface area contributed by atoms with Gasteiger partial charge in [-0.25, -0.2) is 12.8 Å². The van der Waals surface area contributed by atoms with Crippen LogP contribution in [0, 0.1) is 17.7 Å². The van der Waals surface area contributed by atoms with E-state index >= 15 is 0 Å². The molecule has 3 rings (SSSR count). The summed E-state index contributed by atoms with van der Waals surface area (Å²) in [5, 5.41) is 2.90. The van der Waals surface area contributed by atoms with Crippen molar-refractivity contribution in [3.63, 3.8) is 0 Å². The van der Waals surface area contributed by atoms with Gasteiger partial charge in [-0.3, -0.25) is 4.79 Å². The molecule has 2 aliphatic heterocycles. The number of hydrogen-bond acceptors (Lipinski definition) is 4. The minimum atomic E-state index is -3.72. The number of ether oxygens (including phenoxy) is 1. The summed E-state index contributed by atoms with van der Waals surface area (Å²) >= 11 is 0. The number of morpholine rings is 1. The van der Waals surface area contributed by atoms with Gasteiger partial charge in [0.1, 0.15) is 5.82 Å². The van der Waals surface area contributed by atoms with E-state index in [0.29, 0.717) is 18.9 Å². The van der Waals surface area contributed by atoms with E-state index in [9.17, 15) is 17.6 Å². The predicted octanol–water partition coefficient (Wildman–Crippen LogP) is 1.38. The number of sulfonamides is 1. The van der Waals surface area contributed by atoms with Crippen LogP contribution < -0.4 is 5.32 Å². The molecule has 1 amide bonds. The average Bonchev–Trinajstić information content (AvgIpc) is 2.86. The molecule has 1 N–H and O–H groups in total. The minimum absolute atomic E-state index is 0.0519. The van der Waals surface area contributed by atoms with Crippen molar-refractivity contribution >= 4 is 15.9 Å². The smallest absolute Gasteiger partial charge is 0.243 e. The number of nitrogens with zero attached hydrogens (tertiary/aromatic N) is 1. The summed E-state index contributed by atoms with van der Waals surface area (Å²) in [7, 11) is -3.72. The Balaban J connectivity index is 1.71. The molecule has 0 radical (unpaired) electrons. The highest BCUT2D eigenvalue weighted by molar-refractivity contribution is 7.89. The number of amides is 1. The van der Waals surface area contributed by atoms with Crippen LogP contribution >= 0.6 is 0 Å². The Morgan fingerprint density at radius 3 is 2.64 bits per heavy atom. The van der Waals surface area contributed by atoms with Gasteiger partial charge in [0.2, 0.25) is 15.9 Å². The van der Waals surface area contributed by atoms with E-state index < -0.39 is 21.9 Å². The molecular weight excluding hydrogens is 347 g/mol. The Hall–Kier alpha value is -1.51. The fourth-order valence-electron chi connectivity index (χ4n) is 3.29. The Labute approximate surface area is 147 Å². The van der Waals surface area contributed by atoms with Gasteiger partial charge in [-0.1, -0.05) is 13.8 Å². The van der Waals surface area contributed by atoms with E-state index in [1.54, 1.807) is 0 Å². The van der Waals surface area contributed by atoms with Gasteiger partial charge in [-0.15, -0.1) is 0 Å². The molecular formula is C17H23FN2O4S. The van der Waals surface area contributed by atoms with E-state index in [-0.39, 0.29) is 35.9 Å². The van der Waals surface area contributed by atoms with E-state index in [1.807, 2.05) is 13.8 Å². The highest BCUT2D eigenvalue weighted by Crippen LogP contribution is 2.34. The molecule has 3 atom stereocenters. The first-order valence-electron chi connectivity index (χ1n) is 8.46. The van der Waals surface area contributed by atoms with Crippen LogP contribution in [0.3, 0.4) is 0 Å². The summed E-state index contributed by atoms with van der Waals surface area (Å²) in [5.41, 5.74) is 0. The van der Waals surface area contributed by atoms with Crippen molar-refractivity contribution in [3.05, 3.63) is 30.1 Å². The first kappa shape index (κ1) is 18.3. The van der Waals surface area contributed by atoms with Crippen molar-refractivity contribution in [1.82, 2.24) is 9.62 Å². The number of halogens is 1. The zero-order valence-corrected chi connectivity index (χ0v) is 15.1. The second-order valence-corrected chi connectivity index (χ2v) is 8.99. The third-order valence-corrected chi connectivity index (χ3v) is 6.44. The standard InChI is InChI=1S/C17H23FN2O4S/c1-11(2)8-19-17(21)15-7-13-9-20(10-16(15)24-13)25(22,23)14-5-3-12(18)4-6-14/h3-6,11,13,15-16H,7-10H2,1-2H3,(H,19,21). The van der Waals surface area contributed by atoms with Crippen molar-refractivity contribution in [2.75, 3.05) is 19.6 Å². The normalized spacial score (nSPS) is 26.8. The van der Waals surface area contributed by atoms with Gasteiger partial charge in [0.05, 0.1) is 23.0 Å². The molecule has 2 heterocycles. The fraction of sp³-hybridized carbons (Fsp3) is 0.588. The van der Waals surface area contributed by atoms with Crippen LogP contribution in [0.1, 0.15) is 20.3 Å². The number of fused-ring (bicyclic) bond motifs is 2. The van der Waals surface area contributed by atoms with Crippen molar-refractivity contribution in [3.8, 4) is 0 Å². The molecule has 3 unspecified atom stereocenters. The maximum Gasteiger partial charge on any atom is 0.243 e. The number of benzene rings is 1. The van der Waals surface area contributed by atoms with Gasteiger partial charge in [-0.05, 0) is 36.6 Å². The highest BCUT2D eigenvalue weighted by Gasteiger charge is 2.47. The van der Waals surface area contributed by atoms with Crippen LogP contribution in [0.15, 0.2) is 29.2 Å². The van der Waals surface area contributed by atoms with Crippen molar-refractivity contribution in [2.24, 2.45) is 11.8 Å². The monoisotopic (exact) mass is 370 g/mol. The quantitative estimate of drug-likeness (QED) is 0.850. The molecule has 0 aliphatic carbocycles. The zero-order valence-electron chi connectivity index (χ0n) is 14.3. The third-order valence-electron chi connectivity index (χ3n) is 4.60. The number of carbonyl (C=O) groups is 1. The topological polar surface area (TPSA) is 75.7 Å². The van der Waals surface area contributed by atoms with Gasteiger partial charge >= 0.3 is 0 Å². The number of nitrogens with one attached hydrogen (secondary N) is 1. The molecule has 2 saturated heterocycles.